The van der Waals surface area contributed by atoms with Crippen LogP contribution in [0.5, 0.6) is 0 Å². The molecule has 1 aliphatic rings. The van der Waals surface area contributed by atoms with Gasteiger partial charge in [-0.05, 0) is 18.1 Å². The smallest absolute Gasteiger partial charge is 0.337 e. The van der Waals surface area contributed by atoms with Crippen LogP contribution in [-0.4, -0.2) is 34.4 Å². The van der Waals surface area contributed by atoms with Crippen molar-refractivity contribution in [1.82, 2.24) is 0 Å². The van der Waals surface area contributed by atoms with E-state index >= 15 is 0 Å². The number of carbonyl (C=O) groups is 3. The number of amides is 1. The van der Waals surface area contributed by atoms with E-state index in [-0.39, 0.29) is 46.2 Å². The topological polar surface area (TPSA) is 74.7 Å². The molecular weight excluding hydrogens is 333 g/mol. The Morgan fingerprint density at radius 3 is 2.77 bits per heavy atom. The van der Waals surface area contributed by atoms with Crippen molar-refractivity contribution in [2.24, 2.45) is 5.92 Å². The van der Waals surface area contributed by atoms with Crippen LogP contribution in [0.1, 0.15) is 23.7 Å². The molecule has 1 aromatic rings. The molecule has 1 fully saturated rings. The van der Waals surface area contributed by atoms with E-state index in [9.17, 15) is 23.9 Å². The number of halogens is 2. The van der Waals surface area contributed by atoms with Crippen LogP contribution in [0, 0.1) is 11.7 Å². The van der Waals surface area contributed by atoms with Gasteiger partial charge in [0.05, 0.1) is 16.3 Å². The molecule has 0 aromatic heterocycles. The highest BCUT2D eigenvalue weighted by atomic mass is 35.5. The van der Waals surface area contributed by atoms with Gasteiger partial charge >= 0.3 is 5.97 Å². The van der Waals surface area contributed by atoms with Crippen molar-refractivity contribution in [3.63, 3.8) is 0 Å². The lowest BCUT2D eigenvalue weighted by molar-refractivity contribution is -0.117. The zero-order valence-electron chi connectivity index (χ0n) is 11.6. The molecule has 0 aliphatic carbocycles. The second kappa shape index (κ2) is 6.66. The first-order valence-electron chi connectivity index (χ1n) is 6.45. The number of hydrogen-bond donors (Lipinski definition) is 1. The summed E-state index contributed by atoms with van der Waals surface area (Å²) >= 11 is 7.06. The molecule has 0 radical (unpaired) electrons. The third kappa shape index (κ3) is 3.59. The maximum Gasteiger partial charge on any atom is 0.337 e. The lowest BCUT2D eigenvalue weighted by Crippen LogP contribution is -2.27. The molecule has 0 saturated carbocycles. The lowest BCUT2D eigenvalue weighted by Gasteiger charge is -2.20. The predicted octanol–water partition coefficient (Wildman–Crippen LogP) is 2.81. The second-order valence-electron chi connectivity index (χ2n) is 4.97. The average molecular weight is 346 g/mol. The van der Waals surface area contributed by atoms with Gasteiger partial charge in [-0.25, -0.2) is 9.18 Å². The Kier molecular flexibility index (Phi) is 5.08. The molecule has 1 N–H and O–H groups in total. The minimum absolute atomic E-state index is 0.0101. The van der Waals surface area contributed by atoms with Crippen LogP contribution in [-0.2, 0) is 9.59 Å². The van der Waals surface area contributed by atoms with Crippen LogP contribution in [0.25, 0.3) is 0 Å². The maximum atomic E-state index is 13.3. The first kappa shape index (κ1) is 16.8. The fraction of sp³-hybridized carbons (Fsp3) is 0.357. The molecule has 5 nitrogen and oxygen atoms in total. The van der Waals surface area contributed by atoms with E-state index in [1.54, 1.807) is 0 Å². The summed E-state index contributed by atoms with van der Waals surface area (Å²) in [4.78, 5) is 35.7. The maximum absolute atomic E-state index is 13.3. The largest absolute Gasteiger partial charge is 0.478 e. The van der Waals surface area contributed by atoms with E-state index < -0.39 is 11.8 Å². The monoisotopic (exact) mass is 345 g/mol. The summed E-state index contributed by atoms with van der Waals surface area (Å²) in [7, 11) is 0. The Hall–Kier alpha value is -1.60. The van der Waals surface area contributed by atoms with E-state index in [2.05, 4.69) is 0 Å². The molecular formula is C14H13ClFNO4S. The number of hydrogen-bond acceptors (Lipinski definition) is 4. The normalized spacial score (nSPS) is 17.9. The highest BCUT2D eigenvalue weighted by Gasteiger charge is 2.34. The zero-order valence-corrected chi connectivity index (χ0v) is 13.2. The number of carboxylic acid groups (broad SMARTS) is 1. The van der Waals surface area contributed by atoms with Crippen LogP contribution in [0.3, 0.4) is 0 Å². The molecule has 2 rings (SSSR count). The number of anilines is 1. The van der Waals surface area contributed by atoms with Gasteiger partial charge in [0.15, 0.2) is 5.12 Å². The van der Waals surface area contributed by atoms with Gasteiger partial charge in [-0.15, -0.1) is 0 Å². The Bertz CT molecular complexity index is 652. The van der Waals surface area contributed by atoms with E-state index in [0.29, 0.717) is 5.75 Å². The summed E-state index contributed by atoms with van der Waals surface area (Å²) in [6.45, 7) is 1.70. The van der Waals surface area contributed by atoms with E-state index in [4.69, 9.17) is 11.6 Å². The van der Waals surface area contributed by atoms with Crippen molar-refractivity contribution in [2.45, 2.75) is 13.3 Å². The summed E-state index contributed by atoms with van der Waals surface area (Å²) < 4.78 is 13.3. The summed E-state index contributed by atoms with van der Waals surface area (Å²) in [5, 5.41) is 9.03. The van der Waals surface area contributed by atoms with Crippen LogP contribution in [0.15, 0.2) is 12.1 Å². The molecule has 1 atom stereocenters. The molecule has 0 spiro atoms. The second-order valence-corrected chi connectivity index (χ2v) is 6.57. The summed E-state index contributed by atoms with van der Waals surface area (Å²) in [6, 6.07) is 1.82. The molecule has 1 unspecified atom stereocenters. The minimum Gasteiger partial charge on any atom is -0.478 e. The van der Waals surface area contributed by atoms with Gasteiger partial charge in [0, 0.05) is 25.6 Å². The Morgan fingerprint density at radius 1 is 1.50 bits per heavy atom. The molecule has 1 aliphatic heterocycles. The van der Waals surface area contributed by atoms with Gasteiger partial charge < -0.3 is 10.0 Å². The van der Waals surface area contributed by atoms with Crippen LogP contribution in [0.4, 0.5) is 10.1 Å². The van der Waals surface area contributed by atoms with Gasteiger partial charge in [0.2, 0.25) is 5.91 Å². The Morgan fingerprint density at radius 2 is 2.18 bits per heavy atom. The van der Waals surface area contributed by atoms with E-state index in [1.807, 2.05) is 0 Å². The third-order valence-corrected chi connectivity index (χ3v) is 4.59. The molecule has 22 heavy (non-hydrogen) atoms. The molecule has 1 amide bonds. The fourth-order valence-electron chi connectivity index (χ4n) is 2.35. The lowest BCUT2D eigenvalue weighted by atomic mass is 10.1. The van der Waals surface area contributed by atoms with Crippen molar-refractivity contribution < 1.29 is 23.9 Å². The van der Waals surface area contributed by atoms with Crippen molar-refractivity contribution >= 4 is 46.0 Å². The Balaban J connectivity index is 2.30. The summed E-state index contributed by atoms with van der Waals surface area (Å²) in [5.74, 6) is -2.03. The van der Waals surface area contributed by atoms with Crippen LogP contribution in [0.2, 0.25) is 5.02 Å². The standard InChI is InChI=1S/C14H13ClFNO4S/c1-7(18)22-6-8-2-12(19)17(5-8)13-10(14(20)21)3-9(16)4-11(13)15/h3-4,8H,2,5-6H2,1H3,(H,20,21). The van der Waals surface area contributed by atoms with Crippen molar-refractivity contribution in [2.75, 3.05) is 17.2 Å². The average Bonchev–Trinajstić information content (AvgIpc) is 2.76. The third-order valence-electron chi connectivity index (χ3n) is 3.26. The number of aromatic carboxylic acids is 1. The minimum atomic E-state index is -1.36. The number of carbonyl (C=O) groups excluding carboxylic acids is 2. The SMILES string of the molecule is CC(=O)SCC1CC(=O)N(c2c(Cl)cc(F)cc2C(=O)O)C1. The first-order chi connectivity index (χ1) is 10.3. The first-order valence-corrected chi connectivity index (χ1v) is 7.82. The number of thioether (sulfide) groups is 1. The Labute approximate surface area is 135 Å². The van der Waals surface area contributed by atoms with Gasteiger partial charge in [-0.3, -0.25) is 9.59 Å². The number of benzene rings is 1. The van der Waals surface area contributed by atoms with Crippen LogP contribution < -0.4 is 4.90 Å². The number of nitrogens with zero attached hydrogens (tertiary/aromatic N) is 1. The molecule has 118 valence electrons. The van der Waals surface area contributed by atoms with Gasteiger partial charge in [0.1, 0.15) is 5.82 Å². The molecule has 0 bridgehead atoms. The number of carboxylic acids is 1. The molecule has 1 saturated heterocycles. The van der Waals surface area contributed by atoms with Crippen molar-refractivity contribution in [3.05, 3.63) is 28.5 Å². The van der Waals surface area contributed by atoms with Crippen LogP contribution >= 0.6 is 23.4 Å². The fourth-order valence-corrected chi connectivity index (χ4v) is 3.35. The van der Waals surface area contributed by atoms with E-state index in [0.717, 1.165) is 23.9 Å². The van der Waals surface area contributed by atoms with Gasteiger partial charge in [0.25, 0.3) is 0 Å². The highest BCUT2D eigenvalue weighted by Crippen LogP contribution is 2.36. The van der Waals surface area contributed by atoms with Gasteiger partial charge in [-0.2, -0.15) is 0 Å². The van der Waals surface area contributed by atoms with Gasteiger partial charge in [-0.1, -0.05) is 23.4 Å². The predicted molar refractivity (Wildman–Crippen MR) is 82.0 cm³/mol. The molecule has 1 aromatic carbocycles. The number of rotatable bonds is 4. The summed E-state index contributed by atoms with van der Waals surface area (Å²) in [5.41, 5.74) is -0.339. The van der Waals surface area contributed by atoms with Crippen molar-refractivity contribution in [1.29, 1.82) is 0 Å². The quantitative estimate of drug-likeness (QED) is 0.908. The summed E-state index contributed by atoms with van der Waals surface area (Å²) in [6.07, 6.45) is 0.201. The zero-order chi connectivity index (χ0) is 16.4. The van der Waals surface area contributed by atoms with Crippen molar-refractivity contribution in [3.8, 4) is 0 Å². The van der Waals surface area contributed by atoms with E-state index in [1.165, 1.54) is 11.8 Å². The molecule has 1 heterocycles. The highest BCUT2D eigenvalue weighted by molar-refractivity contribution is 8.13. The molecule has 8 heteroatoms.